The molecular formula is C22H22N6O3S2. The van der Waals surface area contributed by atoms with Crippen molar-refractivity contribution in [2.24, 2.45) is 5.73 Å². The van der Waals surface area contributed by atoms with E-state index in [1.54, 1.807) is 30.1 Å². The fraction of sp³-hybridized carbons (Fsp3) is 0.182. The Balaban J connectivity index is 1.78. The molecule has 0 saturated heterocycles. The molecule has 0 aliphatic heterocycles. The molecule has 33 heavy (non-hydrogen) atoms. The second-order valence-corrected chi connectivity index (χ2v) is 9.30. The topological polar surface area (TPSA) is 147 Å². The largest absolute Gasteiger partial charge is 0.397 e. The average Bonchev–Trinajstić information content (AvgIpc) is 3.42. The van der Waals surface area contributed by atoms with Gasteiger partial charge in [-0.15, -0.1) is 22.7 Å². The number of carbonyl (C=O) groups excluding carboxylic acids is 2. The van der Waals surface area contributed by atoms with Crippen LogP contribution >= 0.6 is 22.7 Å². The number of aliphatic hydroxyl groups is 1. The van der Waals surface area contributed by atoms with E-state index in [2.05, 4.69) is 10.3 Å². The van der Waals surface area contributed by atoms with Crippen LogP contribution in [0.15, 0.2) is 41.8 Å². The number of hydrogen-bond acceptors (Lipinski definition) is 9. The molecule has 0 unspecified atom stereocenters. The SMILES string of the molecule is CN(CCO)CC(=O)Nc1cccc(-c2nc(-c3cccs3)nc3sc(C(N)=O)c(N)c23)c1. The van der Waals surface area contributed by atoms with Crippen molar-refractivity contribution in [3.05, 3.63) is 46.7 Å². The summed E-state index contributed by atoms with van der Waals surface area (Å²) in [5, 5.41) is 14.4. The van der Waals surface area contributed by atoms with E-state index in [0.717, 1.165) is 16.2 Å². The summed E-state index contributed by atoms with van der Waals surface area (Å²) < 4.78 is 0. The van der Waals surface area contributed by atoms with E-state index in [-0.39, 0.29) is 29.6 Å². The molecule has 11 heteroatoms. The van der Waals surface area contributed by atoms with Gasteiger partial charge in [0.1, 0.15) is 9.71 Å². The maximum absolute atomic E-state index is 12.4. The van der Waals surface area contributed by atoms with Gasteiger partial charge in [0.25, 0.3) is 5.91 Å². The number of thiophene rings is 2. The Labute approximate surface area is 197 Å². The monoisotopic (exact) mass is 482 g/mol. The first-order chi connectivity index (χ1) is 15.9. The van der Waals surface area contributed by atoms with Crippen LogP contribution in [0.1, 0.15) is 9.67 Å². The van der Waals surface area contributed by atoms with Crippen LogP contribution in [0.25, 0.3) is 32.2 Å². The highest BCUT2D eigenvalue weighted by molar-refractivity contribution is 7.21. The lowest BCUT2D eigenvalue weighted by Crippen LogP contribution is -2.32. The lowest BCUT2D eigenvalue weighted by Gasteiger charge is -2.15. The second kappa shape index (κ2) is 9.63. The van der Waals surface area contributed by atoms with E-state index >= 15 is 0 Å². The van der Waals surface area contributed by atoms with Crippen LogP contribution in [0.3, 0.4) is 0 Å². The van der Waals surface area contributed by atoms with Crippen LogP contribution in [0.5, 0.6) is 0 Å². The minimum absolute atomic E-state index is 0.0229. The number of anilines is 2. The Morgan fingerprint density at radius 1 is 1.21 bits per heavy atom. The van der Waals surface area contributed by atoms with Crippen LogP contribution in [-0.4, -0.2) is 58.5 Å². The average molecular weight is 483 g/mol. The highest BCUT2D eigenvalue weighted by Crippen LogP contribution is 2.40. The third-order valence-corrected chi connectivity index (χ3v) is 6.85. The number of nitrogens with one attached hydrogen (secondary N) is 1. The molecule has 0 aliphatic carbocycles. The van der Waals surface area contributed by atoms with Crippen LogP contribution in [0, 0.1) is 0 Å². The Hall–Kier alpha value is -3.38. The van der Waals surface area contributed by atoms with Gasteiger partial charge in [0.05, 0.1) is 34.8 Å². The van der Waals surface area contributed by atoms with E-state index in [1.807, 2.05) is 23.6 Å². The van der Waals surface area contributed by atoms with Crippen LogP contribution < -0.4 is 16.8 Å². The Bertz CT molecular complexity index is 1320. The maximum Gasteiger partial charge on any atom is 0.260 e. The smallest absolute Gasteiger partial charge is 0.260 e. The van der Waals surface area contributed by atoms with Crippen molar-refractivity contribution in [2.45, 2.75) is 0 Å². The van der Waals surface area contributed by atoms with E-state index in [4.69, 9.17) is 21.6 Å². The summed E-state index contributed by atoms with van der Waals surface area (Å²) in [6.07, 6.45) is 0. The molecule has 0 bridgehead atoms. The van der Waals surface area contributed by atoms with Crippen molar-refractivity contribution in [3.8, 4) is 22.0 Å². The van der Waals surface area contributed by atoms with Gasteiger partial charge in [-0.05, 0) is 30.6 Å². The minimum atomic E-state index is -0.618. The predicted octanol–water partition coefficient (Wildman–Crippen LogP) is 2.63. The number of rotatable bonds is 8. The molecule has 4 rings (SSSR count). The predicted molar refractivity (Wildman–Crippen MR) is 132 cm³/mol. The number of nitrogens with zero attached hydrogens (tertiary/aromatic N) is 3. The standard InChI is InChI=1S/C22H22N6O3S2/c1-28(7-8-29)11-15(30)25-13-5-2-4-12(10-13)18-16-17(23)19(20(24)31)33-22(16)27-21(26-18)14-6-3-9-32-14/h2-6,9-10,29H,7-8,11,23H2,1H3,(H2,24,31)(H,25,30). The molecular weight excluding hydrogens is 460 g/mol. The fourth-order valence-electron chi connectivity index (χ4n) is 3.37. The Kier molecular flexibility index (Phi) is 6.65. The van der Waals surface area contributed by atoms with E-state index in [0.29, 0.717) is 39.5 Å². The number of hydrogen-bond donors (Lipinski definition) is 4. The first kappa shape index (κ1) is 22.8. The molecule has 3 heterocycles. The quantitative estimate of drug-likeness (QED) is 0.302. The van der Waals surface area contributed by atoms with Gasteiger partial charge < -0.3 is 21.9 Å². The van der Waals surface area contributed by atoms with Gasteiger partial charge >= 0.3 is 0 Å². The summed E-state index contributed by atoms with van der Waals surface area (Å²) in [5.41, 5.74) is 13.9. The molecule has 0 atom stereocenters. The number of benzene rings is 1. The van der Waals surface area contributed by atoms with Gasteiger partial charge in [-0.1, -0.05) is 18.2 Å². The molecule has 9 nitrogen and oxygen atoms in total. The summed E-state index contributed by atoms with van der Waals surface area (Å²) in [7, 11) is 1.76. The zero-order valence-corrected chi connectivity index (χ0v) is 19.4. The Morgan fingerprint density at radius 3 is 2.73 bits per heavy atom. The van der Waals surface area contributed by atoms with Crippen molar-refractivity contribution in [1.29, 1.82) is 0 Å². The number of primary amides is 1. The normalized spacial score (nSPS) is 11.2. The molecule has 1 aromatic carbocycles. The minimum Gasteiger partial charge on any atom is -0.397 e. The molecule has 4 aromatic rings. The summed E-state index contributed by atoms with van der Waals surface area (Å²) >= 11 is 2.64. The van der Waals surface area contributed by atoms with Crippen molar-refractivity contribution in [3.63, 3.8) is 0 Å². The van der Waals surface area contributed by atoms with Crippen molar-refractivity contribution in [2.75, 3.05) is 37.8 Å². The molecule has 6 N–H and O–H groups in total. The molecule has 170 valence electrons. The summed E-state index contributed by atoms with van der Waals surface area (Å²) in [4.78, 5) is 37.1. The molecule has 0 saturated carbocycles. The number of likely N-dealkylation sites (N-methyl/N-ethyl adjacent to an activating group) is 1. The number of amides is 2. The molecule has 0 aliphatic rings. The van der Waals surface area contributed by atoms with E-state index < -0.39 is 5.91 Å². The Morgan fingerprint density at radius 2 is 2.03 bits per heavy atom. The van der Waals surface area contributed by atoms with Crippen LogP contribution in [0.4, 0.5) is 11.4 Å². The van der Waals surface area contributed by atoms with E-state index in [9.17, 15) is 9.59 Å². The molecule has 0 spiro atoms. The third-order valence-electron chi connectivity index (χ3n) is 4.87. The molecule has 0 radical (unpaired) electrons. The third kappa shape index (κ3) is 4.86. The van der Waals surface area contributed by atoms with Crippen molar-refractivity contribution >= 4 is 56.1 Å². The molecule has 0 fully saturated rings. The van der Waals surface area contributed by atoms with Gasteiger partial charge in [-0.2, -0.15) is 0 Å². The lowest BCUT2D eigenvalue weighted by atomic mass is 10.1. The molecule has 3 aromatic heterocycles. The highest BCUT2D eigenvalue weighted by Gasteiger charge is 2.22. The first-order valence-corrected chi connectivity index (χ1v) is 11.7. The number of aliphatic hydroxyl groups excluding tert-OH is 1. The van der Waals surface area contributed by atoms with Crippen LogP contribution in [-0.2, 0) is 4.79 Å². The summed E-state index contributed by atoms with van der Waals surface area (Å²) in [6.45, 7) is 0.521. The van der Waals surface area contributed by atoms with Crippen molar-refractivity contribution in [1.82, 2.24) is 14.9 Å². The van der Waals surface area contributed by atoms with Crippen LogP contribution in [0.2, 0.25) is 0 Å². The second-order valence-electron chi connectivity index (χ2n) is 7.35. The summed E-state index contributed by atoms with van der Waals surface area (Å²) in [5.74, 6) is -0.307. The van der Waals surface area contributed by atoms with Gasteiger partial charge in [0.2, 0.25) is 5.91 Å². The van der Waals surface area contributed by atoms with Gasteiger partial charge in [-0.25, -0.2) is 9.97 Å². The zero-order valence-electron chi connectivity index (χ0n) is 17.7. The van der Waals surface area contributed by atoms with E-state index in [1.165, 1.54) is 11.3 Å². The maximum atomic E-state index is 12.4. The first-order valence-electron chi connectivity index (χ1n) is 10.0. The summed E-state index contributed by atoms with van der Waals surface area (Å²) in [6, 6.07) is 11.1. The molecule has 2 amide bonds. The van der Waals surface area contributed by atoms with Gasteiger partial charge in [-0.3, -0.25) is 14.5 Å². The fourth-order valence-corrected chi connectivity index (χ4v) is 4.97. The lowest BCUT2D eigenvalue weighted by molar-refractivity contribution is -0.117. The zero-order chi connectivity index (χ0) is 23.5. The van der Waals surface area contributed by atoms with Crippen molar-refractivity contribution < 1.29 is 14.7 Å². The highest BCUT2D eigenvalue weighted by atomic mass is 32.1. The number of nitrogens with two attached hydrogens (primary N) is 2. The number of nitrogen functional groups attached to an aromatic ring is 1. The number of aromatic nitrogens is 2. The number of fused-ring (bicyclic) bond motifs is 1. The van der Waals surface area contributed by atoms with Gasteiger partial charge in [0.15, 0.2) is 5.82 Å². The van der Waals surface area contributed by atoms with Gasteiger partial charge in [0, 0.05) is 17.8 Å². The number of carbonyl (C=O) groups is 2.